The Morgan fingerprint density at radius 3 is 1.42 bits per heavy atom. The third kappa shape index (κ3) is 4.27. The van der Waals surface area contributed by atoms with Crippen molar-refractivity contribution in [1.82, 2.24) is 19.9 Å². The van der Waals surface area contributed by atoms with E-state index in [1.807, 2.05) is 79.0 Å². The minimum atomic E-state index is -0.658. The van der Waals surface area contributed by atoms with Crippen molar-refractivity contribution in [2.24, 2.45) is 0 Å². The Morgan fingerprint density at radius 1 is 0.380 bits per heavy atom. The highest BCUT2D eigenvalue weighted by Crippen LogP contribution is 2.62. The number of fused-ring (bicyclic) bond motifs is 9. The van der Waals surface area contributed by atoms with Crippen LogP contribution < -0.4 is 4.74 Å². The predicted molar refractivity (Wildman–Crippen MR) is 197 cm³/mol. The lowest BCUT2D eigenvalue weighted by Crippen LogP contribution is -2.32. The van der Waals surface area contributed by atoms with Crippen molar-refractivity contribution >= 4 is 0 Å². The first-order valence-corrected chi connectivity index (χ1v) is 16.7. The number of ether oxygens (including phenoxy) is 1. The van der Waals surface area contributed by atoms with Gasteiger partial charge in [-0.3, -0.25) is 4.98 Å². The summed E-state index contributed by atoms with van der Waals surface area (Å²) in [5.74, 6) is 3.48. The molecule has 1 spiro atoms. The second-order valence-corrected chi connectivity index (χ2v) is 12.6. The maximum Gasteiger partial charge on any atom is 0.164 e. The Kier molecular flexibility index (Phi) is 6.33. The molecule has 5 nitrogen and oxygen atoms in total. The molecule has 0 fully saturated rings. The van der Waals surface area contributed by atoms with Gasteiger partial charge in [0.05, 0.1) is 11.1 Å². The number of hydrogen-bond donors (Lipinski definition) is 0. The summed E-state index contributed by atoms with van der Waals surface area (Å²) in [7, 11) is 0. The maximum atomic E-state index is 6.79. The van der Waals surface area contributed by atoms with Crippen molar-refractivity contribution in [3.63, 3.8) is 0 Å². The van der Waals surface area contributed by atoms with Crippen LogP contribution in [0.25, 0.3) is 56.5 Å². The van der Waals surface area contributed by atoms with Crippen molar-refractivity contribution in [2.45, 2.75) is 5.41 Å². The number of rotatable bonds is 4. The molecule has 0 radical (unpaired) electrons. The van der Waals surface area contributed by atoms with Crippen LogP contribution >= 0.6 is 0 Å². The molecule has 0 atom stereocenters. The van der Waals surface area contributed by atoms with Crippen molar-refractivity contribution in [3.8, 4) is 68.0 Å². The monoisotopic (exact) mass is 640 g/mol. The Labute approximate surface area is 289 Å². The topological polar surface area (TPSA) is 60.8 Å². The van der Waals surface area contributed by atoms with E-state index >= 15 is 0 Å². The molecule has 1 aliphatic carbocycles. The molecule has 0 bridgehead atoms. The summed E-state index contributed by atoms with van der Waals surface area (Å²) >= 11 is 0. The summed E-state index contributed by atoms with van der Waals surface area (Å²) in [6.07, 6.45) is 1.84. The van der Waals surface area contributed by atoms with E-state index in [0.717, 1.165) is 50.6 Å². The largest absolute Gasteiger partial charge is 0.457 e. The van der Waals surface area contributed by atoms with Crippen LogP contribution in [-0.2, 0) is 5.41 Å². The molecule has 0 unspecified atom stereocenters. The minimum Gasteiger partial charge on any atom is -0.457 e. The molecule has 50 heavy (non-hydrogen) atoms. The smallest absolute Gasteiger partial charge is 0.164 e. The number of nitrogens with zero attached hydrogens (tertiary/aromatic N) is 4. The third-order valence-corrected chi connectivity index (χ3v) is 9.86. The zero-order valence-electron chi connectivity index (χ0n) is 26.9. The number of aromatic nitrogens is 4. The van der Waals surface area contributed by atoms with Crippen molar-refractivity contribution in [1.29, 1.82) is 0 Å². The van der Waals surface area contributed by atoms with Gasteiger partial charge in [0.15, 0.2) is 17.5 Å². The lowest BCUT2D eigenvalue weighted by Gasteiger charge is -2.39. The van der Waals surface area contributed by atoms with E-state index in [0.29, 0.717) is 17.5 Å². The zero-order valence-corrected chi connectivity index (χ0v) is 26.9. The second-order valence-electron chi connectivity index (χ2n) is 12.6. The van der Waals surface area contributed by atoms with E-state index in [4.69, 9.17) is 24.7 Å². The number of hydrogen-bond acceptors (Lipinski definition) is 5. The van der Waals surface area contributed by atoms with Gasteiger partial charge < -0.3 is 4.74 Å². The van der Waals surface area contributed by atoms with Gasteiger partial charge in [-0.1, -0.05) is 115 Å². The molecular formula is C45H28N4O. The summed E-state index contributed by atoms with van der Waals surface area (Å²) in [6.45, 7) is 0. The lowest BCUT2D eigenvalue weighted by atomic mass is 9.65. The molecule has 5 heteroatoms. The van der Waals surface area contributed by atoms with Gasteiger partial charge in [-0.15, -0.1) is 0 Å². The first-order valence-electron chi connectivity index (χ1n) is 16.7. The van der Waals surface area contributed by atoms with Crippen LogP contribution in [0.2, 0.25) is 0 Å². The van der Waals surface area contributed by atoms with Crippen molar-refractivity contribution in [3.05, 3.63) is 192 Å². The van der Waals surface area contributed by atoms with Crippen LogP contribution in [0.5, 0.6) is 11.5 Å². The second kappa shape index (κ2) is 11.2. The Morgan fingerprint density at radius 2 is 0.860 bits per heavy atom. The van der Waals surface area contributed by atoms with Crippen molar-refractivity contribution < 1.29 is 4.74 Å². The Bertz CT molecular complexity index is 2470. The fourth-order valence-corrected chi connectivity index (χ4v) is 7.67. The van der Waals surface area contributed by atoms with Gasteiger partial charge in [-0.05, 0) is 70.8 Å². The molecule has 10 rings (SSSR count). The summed E-state index contributed by atoms with van der Waals surface area (Å²) in [5, 5.41) is 0. The Hall–Kier alpha value is -6.72. The summed E-state index contributed by atoms with van der Waals surface area (Å²) in [5.41, 5.74) is 11.0. The highest BCUT2D eigenvalue weighted by molar-refractivity contribution is 5.89. The van der Waals surface area contributed by atoms with Gasteiger partial charge in [0.2, 0.25) is 0 Å². The van der Waals surface area contributed by atoms with E-state index in [1.165, 1.54) is 22.3 Å². The third-order valence-electron chi connectivity index (χ3n) is 9.86. The summed E-state index contributed by atoms with van der Waals surface area (Å²) < 4.78 is 6.79. The molecule has 0 N–H and O–H groups in total. The quantitative estimate of drug-likeness (QED) is 0.192. The molecule has 6 aromatic carbocycles. The lowest BCUT2D eigenvalue weighted by molar-refractivity contribution is 0.436. The SMILES string of the molecule is c1ccc(-c2nc(-c3ccccc3)nc(-c3ccc4c(c3)C3(c5cc(-c6ccccn6)ccc5O4)c4ccccc4-c4ccccc43)n2)cc1. The van der Waals surface area contributed by atoms with Crippen LogP contribution in [-0.4, -0.2) is 19.9 Å². The van der Waals surface area contributed by atoms with Gasteiger partial charge >= 0.3 is 0 Å². The van der Waals surface area contributed by atoms with E-state index in [1.54, 1.807) is 0 Å². The molecule has 2 aromatic heterocycles. The van der Waals surface area contributed by atoms with Gasteiger partial charge in [0.25, 0.3) is 0 Å². The average Bonchev–Trinajstić information content (AvgIpc) is 3.49. The Balaban J connectivity index is 1.25. The van der Waals surface area contributed by atoms with Gasteiger partial charge in [-0.25, -0.2) is 15.0 Å². The molecule has 8 aromatic rings. The minimum absolute atomic E-state index is 0.600. The van der Waals surface area contributed by atoms with E-state index < -0.39 is 5.41 Å². The highest BCUT2D eigenvalue weighted by atomic mass is 16.5. The van der Waals surface area contributed by atoms with Crippen LogP contribution in [0.15, 0.2) is 170 Å². The van der Waals surface area contributed by atoms with Crippen LogP contribution in [0.1, 0.15) is 22.3 Å². The molecule has 234 valence electrons. The zero-order chi connectivity index (χ0) is 33.1. The van der Waals surface area contributed by atoms with Gasteiger partial charge in [-0.2, -0.15) is 0 Å². The first-order chi connectivity index (χ1) is 24.8. The molecular weight excluding hydrogens is 613 g/mol. The van der Waals surface area contributed by atoms with Crippen molar-refractivity contribution in [2.75, 3.05) is 0 Å². The fourth-order valence-electron chi connectivity index (χ4n) is 7.67. The molecule has 3 heterocycles. The van der Waals surface area contributed by atoms with Crippen LogP contribution in [0.4, 0.5) is 0 Å². The normalized spacial score (nSPS) is 13.1. The van der Waals surface area contributed by atoms with Gasteiger partial charge in [0.1, 0.15) is 11.5 Å². The van der Waals surface area contributed by atoms with Gasteiger partial charge in [0, 0.05) is 39.6 Å². The van der Waals surface area contributed by atoms with E-state index in [2.05, 4.69) is 91.0 Å². The molecule has 0 saturated heterocycles. The van der Waals surface area contributed by atoms with E-state index in [-0.39, 0.29) is 0 Å². The van der Waals surface area contributed by atoms with Crippen LogP contribution in [0, 0.1) is 0 Å². The maximum absolute atomic E-state index is 6.79. The molecule has 0 saturated carbocycles. The van der Waals surface area contributed by atoms with Crippen LogP contribution in [0.3, 0.4) is 0 Å². The fraction of sp³-hybridized carbons (Fsp3) is 0.0222. The average molecular weight is 641 g/mol. The standard InChI is InChI=1S/C45H28N4O/c1-3-13-29(14-4-1)42-47-43(30-15-5-2-6-16-30)49-44(48-42)32-23-25-41-38(28-32)45(35-19-9-7-17-33(35)34-18-8-10-20-36(34)45)37-27-31(22-24-40(37)50-41)39-21-11-12-26-46-39/h1-28H. The first kappa shape index (κ1) is 28.3. The predicted octanol–water partition coefficient (Wildman–Crippen LogP) is 10.4. The summed E-state index contributed by atoms with van der Waals surface area (Å²) in [6, 6.07) is 56.5. The number of benzene rings is 6. The number of pyridine rings is 1. The van der Waals surface area contributed by atoms with E-state index in [9.17, 15) is 0 Å². The molecule has 2 aliphatic rings. The summed E-state index contributed by atoms with van der Waals surface area (Å²) in [4.78, 5) is 19.8. The molecule has 0 amide bonds. The molecule has 1 aliphatic heterocycles. The highest BCUT2D eigenvalue weighted by Gasteiger charge is 2.51.